The monoisotopic (exact) mass is 756 g/mol. The van der Waals surface area contributed by atoms with E-state index in [1.807, 2.05) is 140 Å². The van der Waals surface area contributed by atoms with Crippen molar-refractivity contribution in [2.24, 2.45) is 0 Å². The van der Waals surface area contributed by atoms with E-state index < -0.39 is 0 Å². The van der Waals surface area contributed by atoms with Crippen molar-refractivity contribution in [3.63, 3.8) is 0 Å². The molecule has 4 heterocycles. The maximum atomic E-state index is 9.43. The predicted molar refractivity (Wildman–Crippen MR) is 218 cm³/mol. The van der Waals surface area contributed by atoms with Crippen LogP contribution in [0.4, 0.5) is 0 Å². The average Bonchev–Trinajstić information content (AvgIpc) is 3.19. The number of hydrogen-bond acceptors (Lipinski definition) is 6. The summed E-state index contributed by atoms with van der Waals surface area (Å²) in [7, 11) is 0. The fourth-order valence-electron chi connectivity index (χ4n) is 5.50. The zero-order valence-electron chi connectivity index (χ0n) is 29.3. The highest BCUT2D eigenvalue weighted by Crippen LogP contribution is 2.30. The first kappa shape index (κ1) is 36.4. The fourth-order valence-corrected chi connectivity index (χ4v) is 5.90. The number of aryl methyl sites for hydroxylation is 2. The van der Waals surface area contributed by atoms with Crippen LogP contribution in [0.1, 0.15) is 11.1 Å². The van der Waals surface area contributed by atoms with Crippen molar-refractivity contribution in [2.45, 2.75) is 13.8 Å². The number of rotatable bonds is 6. The minimum absolute atomic E-state index is 0.283. The molecule has 260 valence electrons. The molecule has 6 nitrogen and oxygen atoms in total. The molecule has 0 aliphatic carbocycles. The summed E-state index contributed by atoms with van der Waals surface area (Å²) in [6.45, 7) is 4.01. The molecule has 0 radical (unpaired) electrons. The normalized spacial score (nSPS) is 10.2. The molecule has 7 heteroatoms. The van der Waals surface area contributed by atoms with E-state index >= 15 is 0 Å². The van der Waals surface area contributed by atoms with Crippen LogP contribution in [-0.4, -0.2) is 25.0 Å². The van der Waals surface area contributed by atoms with Crippen LogP contribution < -0.4 is 4.74 Å². The van der Waals surface area contributed by atoms with Crippen molar-refractivity contribution in [2.75, 3.05) is 0 Å². The van der Waals surface area contributed by atoms with Gasteiger partial charge >= 0.3 is 0 Å². The molecule has 8 aromatic rings. The number of nitrogens with zero attached hydrogens (tertiary/aromatic N) is 4. The van der Waals surface area contributed by atoms with E-state index in [0.717, 1.165) is 72.1 Å². The molecule has 4 aromatic heterocycles. The summed E-state index contributed by atoms with van der Waals surface area (Å²) in [4.78, 5) is 17.3. The van der Waals surface area contributed by atoms with Crippen molar-refractivity contribution < 1.29 is 9.84 Å². The Labute approximate surface area is 318 Å². The first-order valence-electron chi connectivity index (χ1n) is 17.0. The van der Waals surface area contributed by atoms with Crippen molar-refractivity contribution in [3.8, 4) is 62.3 Å². The van der Waals surface area contributed by atoms with E-state index in [1.54, 1.807) is 36.9 Å². The molecule has 0 saturated carbocycles. The summed E-state index contributed by atoms with van der Waals surface area (Å²) < 4.78 is 7.21. The molecule has 8 rings (SSSR count). The van der Waals surface area contributed by atoms with Crippen LogP contribution in [0, 0.1) is 13.8 Å². The molecule has 0 saturated heterocycles. The second-order valence-electron chi connectivity index (χ2n) is 12.1. The van der Waals surface area contributed by atoms with E-state index in [4.69, 9.17) is 4.74 Å². The summed E-state index contributed by atoms with van der Waals surface area (Å²) in [5.41, 5.74) is 10.1. The average molecular weight is 758 g/mol. The highest BCUT2D eigenvalue weighted by Gasteiger charge is 2.07. The van der Waals surface area contributed by atoms with Gasteiger partial charge in [-0.1, -0.05) is 64.5 Å². The third-order valence-electron chi connectivity index (χ3n) is 7.85. The molecular formula is C46H37BrN4O2. The maximum Gasteiger partial charge on any atom is 0.128 e. The molecule has 0 amide bonds. The number of hydrogen-bond donors (Lipinski definition) is 1. The summed E-state index contributed by atoms with van der Waals surface area (Å²) in [5.74, 6) is 1.86. The second kappa shape index (κ2) is 18.2. The Hall–Kier alpha value is -6.44. The minimum Gasteiger partial charge on any atom is -0.508 e. The highest BCUT2D eigenvalue weighted by atomic mass is 79.9. The van der Waals surface area contributed by atoms with Crippen LogP contribution in [0.3, 0.4) is 0 Å². The van der Waals surface area contributed by atoms with Crippen molar-refractivity contribution >= 4 is 15.9 Å². The van der Waals surface area contributed by atoms with E-state index in [-0.39, 0.29) is 5.75 Å². The van der Waals surface area contributed by atoms with Crippen molar-refractivity contribution in [1.82, 2.24) is 19.9 Å². The number of benzene rings is 4. The standard InChI is InChI=1S/C23H18N2O.C12H11NO.C11H8BrN/c1-17-13-19(23-10-3-5-12-25-23)16-21(14-17)26-20-8-6-7-18(15-20)22-9-2-4-11-24-22;1-9-6-10(8-11(14)7-9)12-4-2-3-5-13-12;12-10-5-3-4-9(8-10)11-6-1-2-7-13-11/h2-16H,1H3;2-8,14H,1H3;1-8H. The van der Waals surface area contributed by atoms with Gasteiger partial charge in [0, 0.05) is 51.5 Å². The van der Waals surface area contributed by atoms with Gasteiger partial charge < -0.3 is 9.84 Å². The van der Waals surface area contributed by atoms with E-state index in [1.165, 1.54) is 0 Å². The molecule has 1 N–H and O–H groups in total. The third kappa shape index (κ3) is 10.8. The Balaban J connectivity index is 0.000000150. The van der Waals surface area contributed by atoms with Gasteiger partial charge in [0.05, 0.1) is 22.8 Å². The lowest BCUT2D eigenvalue weighted by molar-refractivity contribution is 0.475. The third-order valence-corrected chi connectivity index (χ3v) is 8.34. The molecule has 4 aromatic carbocycles. The lowest BCUT2D eigenvalue weighted by Gasteiger charge is -2.10. The number of pyridine rings is 4. The van der Waals surface area contributed by atoms with E-state index in [0.29, 0.717) is 0 Å². The Morgan fingerprint density at radius 1 is 0.415 bits per heavy atom. The number of phenols is 1. The molecule has 0 aliphatic heterocycles. The topological polar surface area (TPSA) is 81.0 Å². The van der Waals surface area contributed by atoms with Crippen LogP contribution in [-0.2, 0) is 0 Å². The maximum absolute atomic E-state index is 9.43. The number of aromatic hydroxyl groups is 1. The van der Waals surface area contributed by atoms with Crippen molar-refractivity contribution in [3.05, 3.63) is 198 Å². The van der Waals surface area contributed by atoms with Gasteiger partial charge in [0.15, 0.2) is 0 Å². The van der Waals surface area contributed by atoms with Crippen molar-refractivity contribution in [1.29, 1.82) is 0 Å². The van der Waals surface area contributed by atoms with Gasteiger partial charge in [-0.2, -0.15) is 0 Å². The number of ether oxygens (including phenoxy) is 1. The first-order chi connectivity index (χ1) is 25.9. The Bertz CT molecular complexity index is 2340. The Morgan fingerprint density at radius 2 is 0.868 bits per heavy atom. The molecule has 0 bridgehead atoms. The van der Waals surface area contributed by atoms with Gasteiger partial charge in [-0.15, -0.1) is 0 Å². The molecule has 53 heavy (non-hydrogen) atoms. The van der Waals surface area contributed by atoms with Crippen LogP contribution in [0.15, 0.2) is 187 Å². The zero-order chi connectivity index (χ0) is 36.8. The largest absolute Gasteiger partial charge is 0.508 e. The second-order valence-corrected chi connectivity index (χ2v) is 13.0. The van der Waals surface area contributed by atoms with Gasteiger partial charge in [0.1, 0.15) is 17.2 Å². The fraction of sp³-hybridized carbons (Fsp3) is 0.0435. The van der Waals surface area contributed by atoms with Crippen LogP contribution in [0.5, 0.6) is 17.2 Å². The van der Waals surface area contributed by atoms with E-state index in [9.17, 15) is 5.11 Å². The molecule has 0 unspecified atom stereocenters. The molecular weight excluding hydrogens is 720 g/mol. The van der Waals surface area contributed by atoms with Gasteiger partial charge in [0.25, 0.3) is 0 Å². The first-order valence-corrected chi connectivity index (χ1v) is 17.8. The molecule has 0 fully saturated rings. The van der Waals surface area contributed by atoms with Gasteiger partial charge in [-0.05, 0) is 134 Å². The van der Waals surface area contributed by atoms with Crippen LogP contribution in [0.25, 0.3) is 45.0 Å². The van der Waals surface area contributed by atoms with Gasteiger partial charge in [-0.3, -0.25) is 19.9 Å². The van der Waals surface area contributed by atoms with Crippen LogP contribution in [0.2, 0.25) is 0 Å². The highest BCUT2D eigenvalue weighted by molar-refractivity contribution is 9.10. The summed E-state index contributed by atoms with van der Waals surface area (Å²) in [6.07, 6.45) is 7.14. The molecule has 0 atom stereocenters. The smallest absolute Gasteiger partial charge is 0.128 e. The number of halogens is 1. The molecule has 0 spiro atoms. The van der Waals surface area contributed by atoms with Gasteiger partial charge in [-0.25, -0.2) is 0 Å². The Morgan fingerprint density at radius 3 is 1.36 bits per heavy atom. The lowest BCUT2D eigenvalue weighted by atomic mass is 10.1. The predicted octanol–water partition coefficient (Wildman–Crippen LogP) is 12.2. The van der Waals surface area contributed by atoms with Crippen LogP contribution >= 0.6 is 15.9 Å². The number of phenolic OH excluding ortho intramolecular Hbond substituents is 1. The summed E-state index contributed by atoms with van der Waals surface area (Å²) in [5, 5.41) is 9.43. The zero-order valence-corrected chi connectivity index (χ0v) is 30.9. The summed E-state index contributed by atoms with van der Waals surface area (Å²) >= 11 is 3.43. The number of aromatic nitrogens is 4. The van der Waals surface area contributed by atoms with E-state index in [2.05, 4.69) is 54.9 Å². The molecule has 0 aliphatic rings. The lowest BCUT2D eigenvalue weighted by Crippen LogP contribution is -1.89. The summed E-state index contributed by atoms with van der Waals surface area (Å²) in [6, 6.07) is 51.1. The van der Waals surface area contributed by atoms with Gasteiger partial charge in [0.2, 0.25) is 0 Å². The SMILES string of the molecule is Brc1cccc(-c2ccccn2)c1.Cc1cc(O)cc(-c2ccccn2)c1.Cc1cc(Oc2cccc(-c3ccccn3)c2)cc(-c2ccccn2)c1. The quantitative estimate of drug-likeness (QED) is 0.182. The Kier molecular flexibility index (Phi) is 12.5. The minimum atomic E-state index is 0.283.